The number of hydrogen-bond donors (Lipinski definition) is 1. The van der Waals surface area contributed by atoms with Crippen LogP contribution in [-0.2, 0) is 0 Å². The lowest BCUT2D eigenvalue weighted by molar-refractivity contribution is 0.0283. The number of aliphatic hydroxyl groups excluding tert-OH is 1. The Morgan fingerprint density at radius 2 is 2.07 bits per heavy atom. The molecule has 1 unspecified atom stereocenters. The second-order valence-electron chi connectivity index (χ2n) is 6.03. The zero-order chi connectivity index (χ0) is 11.5. The van der Waals surface area contributed by atoms with Gasteiger partial charge in [-0.25, -0.2) is 0 Å². The molecule has 0 aliphatic carbocycles. The van der Waals surface area contributed by atoms with Gasteiger partial charge in [-0.3, -0.25) is 4.90 Å². The van der Waals surface area contributed by atoms with Gasteiger partial charge < -0.3 is 5.11 Å². The predicted molar refractivity (Wildman–Crippen MR) is 64.9 cm³/mol. The van der Waals surface area contributed by atoms with Crippen LogP contribution in [0.5, 0.6) is 0 Å². The fourth-order valence-electron chi connectivity index (χ4n) is 2.55. The van der Waals surface area contributed by atoms with Crippen molar-refractivity contribution < 1.29 is 5.11 Å². The van der Waals surface area contributed by atoms with E-state index in [-0.39, 0.29) is 0 Å². The number of rotatable bonds is 4. The van der Waals surface area contributed by atoms with E-state index in [0.29, 0.717) is 18.1 Å². The van der Waals surface area contributed by atoms with Gasteiger partial charge in [-0.1, -0.05) is 13.8 Å². The lowest BCUT2D eigenvalue weighted by Crippen LogP contribution is -2.51. The minimum absolute atomic E-state index is 0.348. The summed E-state index contributed by atoms with van der Waals surface area (Å²) in [5, 5.41) is 9.00. The average Bonchev–Trinajstić information content (AvgIpc) is 2.11. The van der Waals surface area contributed by atoms with Gasteiger partial charge in [0, 0.05) is 25.2 Å². The third-order valence-corrected chi connectivity index (χ3v) is 3.62. The molecule has 0 bridgehead atoms. The lowest BCUT2D eigenvalue weighted by atomic mass is 9.83. The molecule has 0 aromatic carbocycles. The maximum Gasteiger partial charge on any atom is 0.0434 e. The first kappa shape index (κ1) is 13.0. The second-order valence-corrected chi connectivity index (χ2v) is 6.03. The van der Waals surface area contributed by atoms with Gasteiger partial charge in [0.25, 0.3) is 0 Å². The van der Waals surface area contributed by atoms with E-state index in [2.05, 4.69) is 32.6 Å². The largest absolute Gasteiger partial charge is 0.396 e. The van der Waals surface area contributed by atoms with Gasteiger partial charge in [0.05, 0.1) is 0 Å². The van der Waals surface area contributed by atoms with E-state index in [1.807, 2.05) is 0 Å². The van der Waals surface area contributed by atoms with Crippen LogP contribution in [0.3, 0.4) is 0 Å². The Kier molecular flexibility index (Phi) is 4.60. The van der Waals surface area contributed by atoms with Gasteiger partial charge in [0.1, 0.15) is 0 Å². The van der Waals surface area contributed by atoms with Gasteiger partial charge in [-0.2, -0.15) is 0 Å². The topological polar surface area (TPSA) is 23.5 Å². The molecule has 1 aliphatic heterocycles. The van der Waals surface area contributed by atoms with Crippen molar-refractivity contribution >= 4 is 0 Å². The molecule has 0 spiro atoms. The van der Waals surface area contributed by atoms with Crippen LogP contribution in [0.25, 0.3) is 0 Å². The van der Waals surface area contributed by atoms with Crippen LogP contribution < -0.4 is 0 Å². The second kappa shape index (κ2) is 5.31. The van der Waals surface area contributed by atoms with Crippen LogP contribution in [0.2, 0.25) is 0 Å². The van der Waals surface area contributed by atoms with Gasteiger partial charge in [-0.15, -0.1) is 0 Å². The minimum atomic E-state index is 0.348. The lowest BCUT2D eigenvalue weighted by Gasteiger charge is -2.46. The van der Waals surface area contributed by atoms with Gasteiger partial charge in [-0.05, 0) is 44.9 Å². The smallest absolute Gasteiger partial charge is 0.0434 e. The molecule has 90 valence electrons. The van der Waals surface area contributed by atoms with Crippen molar-refractivity contribution in [1.82, 2.24) is 4.90 Å². The number of nitrogens with zero attached hydrogens (tertiary/aromatic N) is 1. The Labute approximate surface area is 94.7 Å². The fraction of sp³-hybridized carbons (Fsp3) is 1.00. The van der Waals surface area contributed by atoms with Crippen LogP contribution in [-0.4, -0.2) is 35.2 Å². The molecule has 0 aromatic heterocycles. The first-order chi connectivity index (χ1) is 6.95. The van der Waals surface area contributed by atoms with Gasteiger partial charge in [0.15, 0.2) is 0 Å². The van der Waals surface area contributed by atoms with Crippen LogP contribution in [0.4, 0.5) is 0 Å². The summed E-state index contributed by atoms with van der Waals surface area (Å²) in [6, 6.07) is 0. The van der Waals surface area contributed by atoms with Crippen LogP contribution >= 0.6 is 0 Å². The van der Waals surface area contributed by atoms with E-state index in [1.54, 1.807) is 0 Å². The van der Waals surface area contributed by atoms with E-state index in [9.17, 15) is 0 Å². The highest BCUT2D eigenvalue weighted by Gasteiger charge is 2.33. The SMILES string of the molecule is CC(C)CN1CC(CCO)CCC1(C)C. The molecule has 1 N–H and O–H groups in total. The monoisotopic (exact) mass is 213 g/mol. The normalized spacial score (nSPS) is 27.2. The Hall–Kier alpha value is -0.0800. The minimum Gasteiger partial charge on any atom is -0.396 e. The van der Waals surface area contributed by atoms with Crippen LogP contribution in [0.15, 0.2) is 0 Å². The van der Waals surface area contributed by atoms with Crippen molar-refractivity contribution in [2.45, 2.75) is 52.5 Å². The molecule has 2 heteroatoms. The number of likely N-dealkylation sites (tertiary alicyclic amines) is 1. The Morgan fingerprint density at radius 1 is 1.40 bits per heavy atom. The molecule has 15 heavy (non-hydrogen) atoms. The first-order valence-corrected chi connectivity index (χ1v) is 6.31. The standard InChI is InChI=1S/C13H27NO/c1-11(2)9-14-10-12(6-8-15)5-7-13(14,3)4/h11-12,15H,5-10H2,1-4H3. The van der Waals surface area contributed by atoms with E-state index < -0.39 is 0 Å². The third kappa shape index (κ3) is 3.76. The maximum absolute atomic E-state index is 9.00. The average molecular weight is 213 g/mol. The van der Waals surface area contributed by atoms with Crippen molar-refractivity contribution in [3.05, 3.63) is 0 Å². The molecule has 0 aromatic rings. The highest BCUT2D eigenvalue weighted by molar-refractivity contribution is 4.89. The molecule has 0 amide bonds. The van der Waals surface area contributed by atoms with Crippen molar-refractivity contribution in [2.24, 2.45) is 11.8 Å². The quantitative estimate of drug-likeness (QED) is 0.775. The fourth-order valence-corrected chi connectivity index (χ4v) is 2.55. The molecule has 0 radical (unpaired) electrons. The number of piperidine rings is 1. The summed E-state index contributed by atoms with van der Waals surface area (Å²) in [4.78, 5) is 2.61. The highest BCUT2D eigenvalue weighted by atomic mass is 16.3. The molecule has 1 fully saturated rings. The van der Waals surface area contributed by atoms with Crippen molar-refractivity contribution in [3.8, 4) is 0 Å². The zero-order valence-corrected chi connectivity index (χ0v) is 10.8. The molecule has 1 heterocycles. The summed E-state index contributed by atoms with van der Waals surface area (Å²) in [5.74, 6) is 1.44. The van der Waals surface area contributed by atoms with E-state index in [4.69, 9.17) is 5.11 Å². The summed E-state index contributed by atoms with van der Waals surface area (Å²) in [7, 11) is 0. The van der Waals surface area contributed by atoms with Gasteiger partial charge in [0.2, 0.25) is 0 Å². The van der Waals surface area contributed by atoms with E-state index >= 15 is 0 Å². The molecule has 1 aliphatic rings. The highest BCUT2D eigenvalue weighted by Crippen LogP contribution is 2.32. The summed E-state index contributed by atoms with van der Waals surface area (Å²) in [5.41, 5.74) is 0.357. The summed E-state index contributed by atoms with van der Waals surface area (Å²) in [6.45, 7) is 12.0. The third-order valence-electron chi connectivity index (χ3n) is 3.62. The van der Waals surface area contributed by atoms with Crippen LogP contribution in [0, 0.1) is 11.8 Å². The first-order valence-electron chi connectivity index (χ1n) is 6.31. The molecular formula is C13H27NO. The number of hydrogen-bond acceptors (Lipinski definition) is 2. The molecular weight excluding hydrogens is 186 g/mol. The molecule has 2 nitrogen and oxygen atoms in total. The molecule has 0 saturated carbocycles. The van der Waals surface area contributed by atoms with Crippen molar-refractivity contribution in [1.29, 1.82) is 0 Å². The van der Waals surface area contributed by atoms with Crippen LogP contribution in [0.1, 0.15) is 47.0 Å². The Balaban J connectivity index is 2.53. The predicted octanol–water partition coefficient (Wildman–Crippen LogP) is 2.52. The Bertz CT molecular complexity index is 189. The van der Waals surface area contributed by atoms with E-state index in [1.165, 1.54) is 25.9 Å². The summed E-state index contributed by atoms with van der Waals surface area (Å²) >= 11 is 0. The van der Waals surface area contributed by atoms with Gasteiger partial charge >= 0.3 is 0 Å². The summed E-state index contributed by atoms with van der Waals surface area (Å²) in [6.07, 6.45) is 3.53. The zero-order valence-electron chi connectivity index (χ0n) is 10.8. The molecule has 1 rings (SSSR count). The van der Waals surface area contributed by atoms with Crippen molar-refractivity contribution in [2.75, 3.05) is 19.7 Å². The maximum atomic E-state index is 9.00. The van der Waals surface area contributed by atoms with E-state index in [0.717, 1.165) is 12.3 Å². The molecule has 1 saturated heterocycles. The molecule has 1 atom stereocenters. The summed E-state index contributed by atoms with van der Waals surface area (Å²) < 4.78 is 0. The Morgan fingerprint density at radius 3 is 2.60 bits per heavy atom. The van der Waals surface area contributed by atoms with Crippen molar-refractivity contribution in [3.63, 3.8) is 0 Å². The number of aliphatic hydroxyl groups is 1.